The van der Waals surface area contributed by atoms with E-state index in [9.17, 15) is 9.59 Å². The molecule has 0 heterocycles. The molecule has 1 amide bonds. The summed E-state index contributed by atoms with van der Waals surface area (Å²) in [5, 5.41) is 2.58. The third kappa shape index (κ3) is 7.23. The SMILES string of the molecule is CCOC(=O)C(C)NC(=O)CCCC(C)N. The Hall–Kier alpha value is -1.10. The summed E-state index contributed by atoms with van der Waals surface area (Å²) in [5.41, 5.74) is 5.56. The van der Waals surface area contributed by atoms with Gasteiger partial charge in [-0.15, -0.1) is 0 Å². The lowest BCUT2D eigenvalue weighted by Gasteiger charge is -2.12. The van der Waals surface area contributed by atoms with Crippen molar-refractivity contribution < 1.29 is 14.3 Å². The van der Waals surface area contributed by atoms with Crippen LogP contribution in [0, 0.1) is 0 Å². The normalized spacial score (nSPS) is 14.0. The molecule has 5 nitrogen and oxygen atoms in total. The van der Waals surface area contributed by atoms with Crippen molar-refractivity contribution in [2.75, 3.05) is 6.61 Å². The second-order valence-corrected chi connectivity index (χ2v) is 3.91. The molecule has 0 aromatic carbocycles. The molecule has 0 radical (unpaired) electrons. The van der Waals surface area contributed by atoms with Gasteiger partial charge < -0.3 is 15.8 Å². The molecular formula is C11H22N2O3. The van der Waals surface area contributed by atoms with Crippen molar-refractivity contribution in [3.63, 3.8) is 0 Å². The zero-order valence-electron chi connectivity index (χ0n) is 10.3. The van der Waals surface area contributed by atoms with Gasteiger partial charge in [-0.25, -0.2) is 4.79 Å². The zero-order chi connectivity index (χ0) is 12.6. The molecular weight excluding hydrogens is 208 g/mol. The van der Waals surface area contributed by atoms with Gasteiger partial charge in [-0.1, -0.05) is 0 Å². The van der Waals surface area contributed by atoms with Crippen molar-refractivity contribution >= 4 is 11.9 Å². The predicted molar refractivity (Wildman–Crippen MR) is 61.7 cm³/mol. The van der Waals surface area contributed by atoms with Crippen molar-refractivity contribution in [3.05, 3.63) is 0 Å². The summed E-state index contributed by atoms with van der Waals surface area (Å²) in [7, 11) is 0. The average Bonchev–Trinajstić information content (AvgIpc) is 2.17. The Labute approximate surface area is 96.7 Å². The number of carbonyl (C=O) groups excluding carboxylic acids is 2. The van der Waals surface area contributed by atoms with Gasteiger partial charge in [0.05, 0.1) is 6.61 Å². The first-order valence-electron chi connectivity index (χ1n) is 5.69. The Morgan fingerprint density at radius 2 is 2.00 bits per heavy atom. The summed E-state index contributed by atoms with van der Waals surface area (Å²) in [6.45, 7) is 5.57. The van der Waals surface area contributed by atoms with Crippen LogP contribution in [0.5, 0.6) is 0 Å². The van der Waals surface area contributed by atoms with E-state index in [4.69, 9.17) is 10.5 Å². The van der Waals surface area contributed by atoms with Crippen LogP contribution in [0.4, 0.5) is 0 Å². The van der Waals surface area contributed by atoms with Crippen LogP contribution in [-0.2, 0) is 14.3 Å². The summed E-state index contributed by atoms with van der Waals surface area (Å²) >= 11 is 0. The zero-order valence-corrected chi connectivity index (χ0v) is 10.3. The van der Waals surface area contributed by atoms with Crippen molar-refractivity contribution in [1.29, 1.82) is 0 Å². The fourth-order valence-corrected chi connectivity index (χ4v) is 1.22. The number of carbonyl (C=O) groups is 2. The minimum Gasteiger partial charge on any atom is -0.464 e. The minimum absolute atomic E-state index is 0.107. The Balaban J connectivity index is 3.74. The van der Waals surface area contributed by atoms with Crippen molar-refractivity contribution in [2.45, 2.75) is 52.1 Å². The van der Waals surface area contributed by atoms with Gasteiger partial charge in [0, 0.05) is 12.5 Å². The number of hydrogen-bond acceptors (Lipinski definition) is 4. The molecule has 0 saturated heterocycles. The Kier molecular flexibility index (Phi) is 7.54. The van der Waals surface area contributed by atoms with Gasteiger partial charge >= 0.3 is 5.97 Å². The summed E-state index contributed by atoms with van der Waals surface area (Å²) in [6.07, 6.45) is 1.94. The highest BCUT2D eigenvalue weighted by Gasteiger charge is 2.15. The second kappa shape index (κ2) is 8.10. The Morgan fingerprint density at radius 1 is 1.38 bits per heavy atom. The summed E-state index contributed by atoms with van der Waals surface area (Å²) in [6, 6.07) is -0.474. The number of nitrogens with one attached hydrogen (secondary N) is 1. The number of hydrogen-bond donors (Lipinski definition) is 2. The number of ether oxygens (including phenoxy) is 1. The van der Waals surface area contributed by atoms with E-state index in [2.05, 4.69) is 5.32 Å². The van der Waals surface area contributed by atoms with Crippen molar-refractivity contribution in [1.82, 2.24) is 5.32 Å². The van der Waals surface area contributed by atoms with Crippen LogP contribution in [0.25, 0.3) is 0 Å². The van der Waals surface area contributed by atoms with Crippen LogP contribution in [0.15, 0.2) is 0 Å². The molecule has 2 unspecified atom stereocenters. The van der Waals surface area contributed by atoms with Gasteiger partial charge in [-0.3, -0.25) is 4.79 Å². The van der Waals surface area contributed by atoms with Crippen LogP contribution in [0.2, 0.25) is 0 Å². The number of esters is 1. The fraction of sp³-hybridized carbons (Fsp3) is 0.818. The van der Waals surface area contributed by atoms with Gasteiger partial charge in [0.1, 0.15) is 6.04 Å². The Bertz CT molecular complexity index is 229. The molecule has 3 N–H and O–H groups in total. The molecule has 0 aliphatic rings. The summed E-state index contributed by atoms with van der Waals surface area (Å²) < 4.78 is 4.77. The quantitative estimate of drug-likeness (QED) is 0.626. The van der Waals surface area contributed by atoms with Crippen LogP contribution in [0.3, 0.4) is 0 Å². The predicted octanol–water partition coefficient (Wildman–Crippen LogP) is 0.572. The molecule has 5 heteroatoms. The van der Waals surface area contributed by atoms with Gasteiger partial charge in [-0.05, 0) is 33.6 Å². The van der Waals surface area contributed by atoms with Crippen molar-refractivity contribution in [2.24, 2.45) is 5.73 Å². The van der Waals surface area contributed by atoms with E-state index in [-0.39, 0.29) is 11.9 Å². The van der Waals surface area contributed by atoms with Crippen molar-refractivity contribution in [3.8, 4) is 0 Å². The van der Waals surface area contributed by atoms with E-state index < -0.39 is 12.0 Å². The minimum atomic E-state index is -0.581. The molecule has 2 atom stereocenters. The Morgan fingerprint density at radius 3 is 2.50 bits per heavy atom. The molecule has 0 aromatic rings. The van der Waals surface area contributed by atoms with Crippen LogP contribution in [-0.4, -0.2) is 30.6 Å². The lowest BCUT2D eigenvalue weighted by molar-refractivity contribution is -0.146. The molecule has 0 spiro atoms. The first-order chi connectivity index (χ1) is 7.47. The molecule has 0 aromatic heterocycles. The average molecular weight is 230 g/mol. The van der Waals surface area contributed by atoms with Crippen LogP contribution >= 0.6 is 0 Å². The van der Waals surface area contributed by atoms with E-state index in [0.29, 0.717) is 13.0 Å². The number of amides is 1. The standard InChI is InChI=1S/C11H22N2O3/c1-4-16-11(15)9(3)13-10(14)7-5-6-8(2)12/h8-9H,4-7,12H2,1-3H3,(H,13,14). The highest BCUT2D eigenvalue weighted by Crippen LogP contribution is 1.99. The maximum atomic E-state index is 11.4. The first kappa shape index (κ1) is 14.9. The van der Waals surface area contributed by atoms with E-state index in [1.54, 1.807) is 13.8 Å². The molecule has 94 valence electrons. The molecule has 0 aliphatic heterocycles. The van der Waals surface area contributed by atoms with Gasteiger partial charge in [0.25, 0.3) is 0 Å². The van der Waals surface area contributed by atoms with E-state index in [1.807, 2.05) is 6.92 Å². The van der Waals surface area contributed by atoms with E-state index in [1.165, 1.54) is 0 Å². The van der Waals surface area contributed by atoms with E-state index in [0.717, 1.165) is 12.8 Å². The fourth-order valence-electron chi connectivity index (χ4n) is 1.22. The lowest BCUT2D eigenvalue weighted by atomic mass is 10.1. The summed E-state index contributed by atoms with van der Waals surface area (Å²) in [5.74, 6) is -0.538. The first-order valence-corrected chi connectivity index (χ1v) is 5.69. The highest BCUT2D eigenvalue weighted by atomic mass is 16.5. The molecule has 16 heavy (non-hydrogen) atoms. The van der Waals surface area contributed by atoms with Gasteiger partial charge in [-0.2, -0.15) is 0 Å². The van der Waals surface area contributed by atoms with Gasteiger partial charge in [0.15, 0.2) is 0 Å². The summed E-state index contributed by atoms with van der Waals surface area (Å²) in [4.78, 5) is 22.6. The number of nitrogens with two attached hydrogens (primary N) is 1. The highest BCUT2D eigenvalue weighted by molar-refractivity contribution is 5.84. The third-order valence-electron chi connectivity index (χ3n) is 2.08. The molecule has 0 bridgehead atoms. The number of rotatable bonds is 7. The molecule has 0 fully saturated rings. The smallest absolute Gasteiger partial charge is 0.328 e. The maximum absolute atomic E-state index is 11.4. The largest absolute Gasteiger partial charge is 0.464 e. The lowest BCUT2D eigenvalue weighted by Crippen LogP contribution is -2.39. The second-order valence-electron chi connectivity index (χ2n) is 3.91. The molecule has 0 rings (SSSR count). The van der Waals surface area contributed by atoms with Crippen LogP contribution in [0.1, 0.15) is 40.0 Å². The third-order valence-corrected chi connectivity index (χ3v) is 2.08. The topological polar surface area (TPSA) is 81.4 Å². The monoisotopic (exact) mass is 230 g/mol. The van der Waals surface area contributed by atoms with E-state index >= 15 is 0 Å². The molecule has 0 aliphatic carbocycles. The molecule has 0 saturated carbocycles. The van der Waals surface area contributed by atoms with Crippen LogP contribution < -0.4 is 11.1 Å². The van der Waals surface area contributed by atoms with Gasteiger partial charge in [0.2, 0.25) is 5.91 Å². The maximum Gasteiger partial charge on any atom is 0.328 e.